The van der Waals surface area contributed by atoms with E-state index in [0.717, 1.165) is 51.3 Å². The van der Waals surface area contributed by atoms with Gasteiger partial charge in [0.1, 0.15) is 5.82 Å². The van der Waals surface area contributed by atoms with Crippen LogP contribution >= 0.6 is 0 Å². The Kier molecular flexibility index (Phi) is 5.18. The summed E-state index contributed by atoms with van der Waals surface area (Å²) >= 11 is 0. The lowest BCUT2D eigenvalue weighted by Gasteiger charge is -2.49. The van der Waals surface area contributed by atoms with Crippen LogP contribution in [0.2, 0.25) is 0 Å². The molecular weight excluding hydrogens is 304 g/mol. The number of rotatable bonds is 5. The fraction of sp³-hybridized carbons (Fsp3) is 0.882. The predicted molar refractivity (Wildman–Crippen MR) is 91.4 cm³/mol. The largest absolute Gasteiger partial charge is 0.340 e. The molecule has 3 heterocycles. The first-order chi connectivity index (χ1) is 11.5. The van der Waals surface area contributed by atoms with Crippen molar-refractivity contribution in [2.45, 2.75) is 65.5 Å². The number of amides is 1. The molecule has 3 rings (SSSR count). The van der Waals surface area contributed by atoms with E-state index < -0.39 is 0 Å². The maximum Gasteiger partial charge on any atom is 0.222 e. The highest BCUT2D eigenvalue weighted by Gasteiger charge is 2.42. The summed E-state index contributed by atoms with van der Waals surface area (Å²) in [7, 11) is 0. The van der Waals surface area contributed by atoms with Crippen molar-refractivity contribution in [1.82, 2.24) is 30.0 Å². The Hall–Kier alpha value is -1.50. The minimum Gasteiger partial charge on any atom is -0.340 e. The molecule has 1 amide bonds. The molecule has 2 saturated heterocycles. The summed E-state index contributed by atoms with van der Waals surface area (Å²) in [5, 5.41) is 11.6. The van der Waals surface area contributed by atoms with Crippen LogP contribution in [0.5, 0.6) is 0 Å². The molecule has 2 fully saturated rings. The lowest BCUT2D eigenvalue weighted by atomic mass is 9.73. The number of hydrogen-bond acceptors (Lipinski definition) is 5. The Balaban J connectivity index is 1.54. The zero-order valence-corrected chi connectivity index (χ0v) is 15.2. The van der Waals surface area contributed by atoms with E-state index >= 15 is 0 Å². The number of aryl methyl sites for hydroxylation is 2. The highest BCUT2D eigenvalue weighted by molar-refractivity contribution is 5.77. The van der Waals surface area contributed by atoms with Gasteiger partial charge in [-0.05, 0) is 70.0 Å². The lowest BCUT2D eigenvalue weighted by Crippen LogP contribution is -2.55. The fourth-order valence-electron chi connectivity index (χ4n) is 4.25. The number of hydrogen-bond donors (Lipinski definition) is 0. The van der Waals surface area contributed by atoms with Crippen LogP contribution in [0.25, 0.3) is 0 Å². The van der Waals surface area contributed by atoms with Crippen LogP contribution in [0.1, 0.15) is 51.8 Å². The van der Waals surface area contributed by atoms with Crippen molar-refractivity contribution in [3.63, 3.8) is 0 Å². The first kappa shape index (κ1) is 17.3. The molecule has 2 aliphatic rings. The molecule has 7 heteroatoms. The highest BCUT2D eigenvalue weighted by Crippen LogP contribution is 2.39. The second-order valence-electron chi connectivity index (χ2n) is 7.80. The van der Waals surface area contributed by atoms with Crippen LogP contribution in [0.3, 0.4) is 0 Å². The van der Waals surface area contributed by atoms with E-state index in [2.05, 4.69) is 39.2 Å². The lowest BCUT2D eigenvalue weighted by molar-refractivity contribution is -0.141. The maximum absolute atomic E-state index is 12.2. The van der Waals surface area contributed by atoms with Gasteiger partial charge in [-0.2, -0.15) is 0 Å². The van der Waals surface area contributed by atoms with Crippen LogP contribution in [-0.4, -0.2) is 68.1 Å². The molecule has 7 nitrogen and oxygen atoms in total. The van der Waals surface area contributed by atoms with E-state index in [1.807, 2.05) is 11.6 Å². The van der Waals surface area contributed by atoms with Gasteiger partial charge in [0.2, 0.25) is 5.91 Å². The number of nitrogens with zero attached hydrogens (tertiary/aromatic N) is 6. The molecule has 1 atom stereocenters. The van der Waals surface area contributed by atoms with Crippen molar-refractivity contribution in [1.29, 1.82) is 0 Å². The third kappa shape index (κ3) is 3.77. The number of carbonyl (C=O) groups is 1. The zero-order valence-electron chi connectivity index (χ0n) is 15.2. The fourth-order valence-corrected chi connectivity index (χ4v) is 4.25. The molecule has 134 valence electrons. The van der Waals surface area contributed by atoms with Crippen molar-refractivity contribution < 1.29 is 4.79 Å². The van der Waals surface area contributed by atoms with Gasteiger partial charge in [0.05, 0.1) is 0 Å². The quantitative estimate of drug-likeness (QED) is 0.816. The minimum atomic E-state index is 0.307. The molecule has 0 bridgehead atoms. The summed E-state index contributed by atoms with van der Waals surface area (Å²) < 4.78 is 1.87. The molecule has 0 aliphatic carbocycles. The molecule has 0 unspecified atom stereocenters. The Labute approximate surface area is 144 Å². The summed E-state index contributed by atoms with van der Waals surface area (Å²) in [5.41, 5.74) is 0.307. The predicted octanol–water partition coefficient (Wildman–Crippen LogP) is 1.48. The third-order valence-electron chi connectivity index (χ3n) is 5.61. The number of piperidine rings is 2. The van der Waals surface area contributed by atoms with Gasteiger partial charge < -0.3 is 9.80 Å². The van der Waals surface area contributed by atoms with Gasteiger partial charge in [0.25, 0.3) is 0 Å². The Morgan fingerprint density at radius 3 is 2.75 bits per heavy atom. The van der Waals surface area contributed by atoms with Gasteiger partial charge in [-0.15, -0.1) is 5.10 Å². The van der Waals surface area contributed by atoms with E-state index in [-0.39, 0.29) is 0 Å². The summed E-state index contributed by atoms with van der Waals surface area (Å²) in [6.45, 7) is 11.4. The van der Waals surface area contributed by atoms with Crippen LogP contribution in [0.15, 0.2) is 0 Å². The standard InChI is InChI=1S/C17H30N6O/c1-14(2)22-13-17(8-6-16(22)24)7-4-9-21(12-17)10-5-11-23-15(3)18-19-20-23/h14H,4-13H2,1-3H3/t17-/m0/s1. The minimum absolute atomic E-state index is 0.307. The molecule has 1 spiro atoms. The van der Waals surface area contributed by atoms with Crippen LogP contribution in [-0.2, 0) is 11.3 Å². The van der Waals surface area contributed by atoms with E-state index in [1.165, 1.54) is 19.4 Å². The molecular formula is C17H30N6O. The molecule has 24 heavy (non-hydrogen) atoms. The molecule has 1 aromatic rings. The van der Waals surface area contributed by atoms with E-state index in [1.54, 1.807) is 0 Å². The summed E-state index contributed by atoms with van der Waals surface area (Å²) in [5.74, 6) is 1.21. The second kappa shape index (κ2) is 7.17. The Bertz CT molecular complexity index is 571. The van der Waals surface area contributed by atoms with Crippen molar-refractivity contribution in [3.05, 3.63) is 5.82 Å². The molecule has 0 aromatic carbocycles. The smallest absolute Gasteiger partial charge is 0.222 e. The molecule has 2 aliphatic heterocycles. The van der Waals surface area contributed by atoms with Gasteiger partial charge in [-0.3, -0.25) is 4.79 Å². The van der Waals surface area contributed by atoms with Crippen molar-refractivity contribution in [2.75, 3.05) is 26.2 Å². The Morgan fingerprint density at radius 2 is 2.04 bits per heavy atom. The van der Waals surface area contributed by atoms with Gasteiger partial charge in [0.15, 0.2) is 0 Å². The Morgan fingerprint density at radius 1 is 1.21 bits per heavy atom. The van der Waals surface area contributed by atoms with Crippen molar-refractivity contribution >= 4 is 5.91 Å². The van der Waals surface area contributed by atoms with Gasteiger partial charge >= 0.3 is 0 Å². The highest BCUT2D eigenvalue weighted by atomic mass is 16.2. The first-order valence-corrected chi connectivity index (χ1v) is 9.24. The van der Waals surface area contributed by atoms with Gasteiger partial charge in [-0.1, -0.05) is 0 Å². The van der Waals surface area contributed by atoms with Crippen LogP contribution < -0.4 is 0 Å². The average Bonchev–Trinajstić information content (AvgIpc) is 2.95. The summed E-state index contributed by atoms with van der Waals surface area (Å²) in [6, 6.07) is 0.313. The topological polar surface area (TPSA) is 67.2 Å². The zero-order chi connectivity index (χ0) is 17.2. The van der Waals surface area contributed by atoms with Crippen LogP contribution in [0, 0.1) is 12.3 Å². The molecule has 0 N–H and O–H groups in total. The number of carbonyl (C=O) groups excluding carboxylic acids is 1. The van der Waals surface area contributed by atoms with E-state index in [9.17, 15) is 4.79 Å². The second-order valence-corrected chi connectivity index (χ2v) is 7.80. The SMILES string of the molecule is Cc1nnnn1CCCN1CCC[C@]2(CCC(=O)N(C(C)C)C2)C1. The molecule has 0 saturated carbocycles. The average molecular weight is 334 g/mol. The molecule has 0 radical (unpaired) electrons. The number of aromatic nitrogens is 4. The summed E-state index contributed by atoms with van der Waals surface area (Å²) in [4.78, 5) is 16.8. The summed E-state index contributed by atoms with van der Waals surface area (Å²) in [6.07, 6.45) is 5.33. The first-order valence-electron chi connectivity index (χ1n) is 9.24. The van der Waals surface area contributed by atoms with Crippen molar-refractivity contribution in [3.8, 4) is 0 Å². The van der Waals surface area contributed by atoms with E-state index in [4.69, 9.17) is 0 Å². The normalized spacial score (nSPS) is 25.8. The number of tetrazole rings is 1. The van der Waals surface area contributed by atoms with Gasteiger partial charge in [0, 0.05) is 37.5 Å². The maximum atomic E-state index is 12.2. The van der Waals surface area contributed by atoms with Crippen LogP contribution in [0.4, 0.5) is 0 Å². The van der Waals surface area contributed by atoms with Gasteiger partial charge in [-0.25, -0.2) is 4.68 Å². The third-order valence-corrected chi connectivity index (χ3v) is 5.61. The molecule has 1 aromatic heterocycles. The number of likely N-dealkylation sites (tertiary alicyclic amines) is 2. The van der Waals surface area contributed by atoms with Crippen molar-refractivity contribution in [2.24, 2.45) is 5.41 Å². The van der Waals surface area contributed by atoms with E-state index in [0.29, 0.717) is 17.4 Å². The monoisotopic (exact) mass is 334 g/mol.